The van der Waals surface area contributed by atoms with Gasteiger partial charge in [-0.2, -0.15) is 14.8 Å². The van der Waals surface area contributed by atoms with Crippen LogP contribution < -0.4 is 11.5 Å². The van der Waals surface area contributed by atoms with Gasteiger partial charge in [0.2, 0.25) is 5.95 Å². The maximum absolute atomic E-state index is 5.26. The van der Waals surface area contributed by atoms with Crippen molar-refractivity contribution in [2.75, 3.05) is 5.73 Å². The van der Waals surface area contributed by atoms with Crippen LogP contribution in [0.1, 0.15) is 0 Å². The zero-order valence-electron chi connectivity index (χ0n) is 4.48. The summed E-state index contributed by atoms with van der Waals surface area (Å²) in [5.74, 6) is 0.211. The molecule has 1 aromatic heterocycles. The van der Waals surface area contributed by atoms with Crippen LogP contribution >= 0.6 is 12.2 Å². The van der Waals surface area contributed by atoms with Gasteiger partial charge in [0, 0.05) is 0 Å². The predicted octanol–water partition coefficient (Wildman–Crippen LogP) is -1.05. The smallest absolute Gasteiger partial charge is 0.225 e. The van der Waals surface area contributed by atoms with Crippen LogP contribution in [0.3, 0.4) is 0 Å². The zero-order chi connectivity index (χ0) is 6.85. The summed E-state index contributed by atoms with van der Waals surface area (Å²) in [5.41, 5.74) is 10.4. The van der Waals surface area contributed by atoms with Gasteiger partial charge in [-0.25, -0.2) is 0 Å². The van der Waals surface area contributed by atoms with Crippen molar-refractivity contribution < 1.29 is 0 Å². The number of hydrogen-bond acceptors (Lipinski definition) is 4. The standard InChI is InChI=1S/C3H5N5S/c4-2-6-1-7-8(2)3(5)9/h1H,(H2,5,9)(H2,4,6,7). The van der Waals surface area contributed by atoms with Gasteiger partial charge in [-0.3, -0.25) is 0 Å². The van der Waals surface area contributed by atoms with E-state index in [0.29, 0.717) is 0 Å². The Morgan fingerprint density at radius 2 is 2.44 bits per heavy atom. The lowest BCUT2D eigenvalue weighted by Gasteiger charge is -1.94. The van der Waals surface area contributed by atoms with E-state index in [1.165, 1.54) is 11.0 Å². The summed E-state index contributed by atoms with van der Waals surface area (Å²) < 4.78 is 1.18. The Labute approximate surface area is 56.7 Å². The average molecular weight is 143 g/mol. The SMILES string of the molecule is NC(=S)n1ncnc1N. The van der Waals surface area contributed by atoms with Crippen molar-refractivity contribution in [1.29, 1.82) is 0 Å². The number of nitrogens with zero attached hydrogens (tertiary/aromatic N) is 3. The molecule has 0 aromatic carbocycles. The summed E-state index contributed by atoms with van der Waals surface area (Å²) in [4.78, 5) is 3.60. The molecule has 1 rings (SSSR count). The van der Waals surface area contributed by atoms with Crippen molar-refractivity contribution in [1.82, 2.24) is 14.8 Å². The predicted molar refractivity (Wildman–Crippen MR) is 36.6 cm³/mol. The monoisotopic (exact) mass is 143 g/mol. The molecule has 0 spiro atoms. The Hall–Kier alpha value is -1.17. The molecule has 0 radical (unpaired) electrons. The second-order valence-corrected chi connectivity index (χ2v) is 1.79. The van der Waals surface area contributed by atoms with E-state index in [0.717, 1.165) is 0 Å². The van der Waals surface area contributed by atoms with Crippen LogP contribution in [0.4, 0.5) is 5.95 Å². The van der Waals surface area contributed by atoms with Gasteiger partial charge in [-0.05, 0) is 12.2 Å². The van der Waals surface area contributed by atoms with Gasteiger partial charge >= 0.3 is 0 Å². The van der Waals surface area contributed by atoms with E-state index in [2.05, 4.69) is 22.3 Å². The highest BCUT2D eigenvalue weighted by Gasteiger charge is 1.98. The van der Waals surface area contributed by atoms with Crippen molar-refractivity contribution in [3.05, 3.63) is 6.33 Å². The molecule has 5 nitrogen and oxygen atoms in total. The molecule has 0 aliphatic heterocycles. The van der Waals surface area contributed by atoms with Crippen LogP contribution in [-0.4, -0.2) is 19.9 Å². The number of hydrogen-bond donors (Lipinski definition) is 2. The lowest BCUT2D eigenvalue weighted by molar-refractivity contribution is 0.950. The van der Waals surface area contributed by atoms with Gasteiger partial charge in [0.15, 0.2) is 5.11 Å². The molecular weight excluding hydrogens is 138 g/mol. The zero-order valence-corrected chi connectivity index (χ0v) is 5.30. The minimum Gasteiger partial charge on any atom is -0.374 e. The van der Waals surface area contributed by atoms with Gasteiger partial charge in [0.25, 0.3) is 0 Å². The second kappa shape index (κ2) is 1.98. The minimum absolute atomic E-state index is 0.102. The fourth-order valence-corrected chi connectivity index (χ4v) is 0.561. The number of nitrogens with two attached hydrogens (primary N) is 2. The fourth-order valence-electron chi connectivity index (χ4n) is 0.420. The summed E-state index contributed by atoms with van der Waals surface area (Å²) in [6.45, 7) is 0. The molecular formula is C3H5N5S. The van der Waals surface area contributed by atoms with Gasteiger partial charge in [-0.1, -0.05) is 0 Å². The summed E-state index contributed by atoms with van der Waals surface area (Å²) >= 11 is 4.56. The lowest BCUT2D eigenvalue weighted by atomic mass is 11.0. The molecule has 48 valence electrons. The molecule has 1 aromatic rings. The van der Waals surface area contributed by atoms with Crippen LogP contribution in [0.5, 0.6) is 0 Å². The normalized spacial score (nSPS) is 9.33. The highest BCUT2D eigenvalue weighted by Crippen LogP contribution is 1.90. The minimum atomic E-state index is 0.102. The molecule has 9 heavy (non-hydrogen) atoms. The molecule has 6 heteroatoms. The first-order valence-corrected chi connectivity index (χ1v) is 2.58. The lowest BCUT2D eigenvalue weighted by Crippen LogP contribution is -2.22. The van der Waals surface area contributed by atoms with Crippen LogP contribution in [0.2, 0.25) is 0 Å². The summed E-state index contributed by atoms with van der Waals surface area (Å²) in [6, 6.07) is 0. The second-order valence-electron chi connectivity index (χ2n) is 1.37. The van der Waals surface area contributed by atoms with Crippen molar-refractivity contribution in [2.45, 2.75) is 0 Å². The third-order valence-corrected chi connectivity index (χ3v) is 0.956. The van der Waals surface area contributed by atoms with E-state index in [1.54, 1.807) is 0 Å². The molecule has 0 aliphatic carbocycles. The third-order valence-electron chi connectivity index (χ3n) is 0.783. The molecule has 0 fully saturated rings. The van der Waals surface area contributed by atoms with Crippen molar-refractivity contribution in [3.8, 4) is 0 Å². The summed E-state index contributed by atoms with van der Waals surface area (Å²) in [5, 5.41) is 3.73. The molecule has 0 saturated heterocycles. The molecule has 1 heterocycles. The molecule has 0 bridgehead atoms. The summed E-state index contributed by atoms with van der Waals surface area (Å²) in [6.07, 6.45) is 1.29. The Morgan fingerprint density at radius 1 is 1.78 bits per heavy atom. The first kappa shape index (κ1) is 5.96. The number of anilines is 1. The Balaban J connectivity index is 3.08. The highest BCUT2D eigenvalue weighted by molar-refractivity contribution is 7.80. The first-order chi connectivity index (χ1) is 4.22. The van der Waals surface area contributed by atoms with Crippen molar-refractivity contribution in [2.24, 2.45) is 5.73 Å². The number of nitrogen functional groups attached to an aromatic ring is 1. The molecule has 0 amide bonds. The topological polar surface area (TPSA) is 82.8 Å². The maximum Gasteiger partial charge on any atom is 0.225 e. The van der Waals surface area contributed by atoms with E-state index >= 15 is 0 Å². The largest absolute Gasteiger partial charge is 0.374 e. The quantitative estimate of drug-likeness (QED) is 0.453. The van der Waals surface area contributed by atoms with Crippen molar-refractivity contribution in [3.63, 3.8) is 0 Å². The van der Waals surface area contributed by atoms with E-state index < -0.39 is 0 Å². The van der Waals surface area contributed by atoms with Gasteiger partial charge < -0.3 is 11.5 Å². The Bertz CT molecular complexity index is 228. The van der Waals surface area contributed by atoms with E-state index in [1.807, 2.05) is 0 Å². The first-order valence-electron chi connectivity index (χ1n) is 2.17. The maximum atomic E-state index is 5.26. The molecule has 0 unspecified atom stereocenters. The van der Waals surface area contributed by atoms with E-state index in [4.69, 9.17) is 11.5 Å². The third kappa shape index (κ3) is 0.968. The van der Waals surface area contributed by atoms with Crippen LogP contribution in [0.25, 0.3) is 0 Å². The molecule has 4 N–H and O–H groups in total. The molecule has 0 saturated carbocycles. The van der Waals surface area contributed by atoms with E-state index in [9.17, 15) is 0 Å². The van der Waals surface area contributed by atoms with E-state index in [-0.39, 0.29) is 11.1 Å². The van der Waals surface area contributed by atoms with Gasteiger partial charge in [-0.15, -0.1) is 0 Å². The van der Waals surface area contributed by atoms with Crippen LogP contribution in [-0.2, 0) is 0 Å². The highest BCUT2D eigenvalue weighted by atomic mass is 32.1. The van der Waals surface area contributed by atoms with Gasteiger partial charge in [0.1, 0.15) is 6.33 Å². The Morgan fingerprint density at radius 3 is 2.67 bits per heavy atom. The fraction of sp³-hybridized carbons (Fsp3) is 0. The number of aromatic nitrogens is 3. The molecule has 0 aliphatic rings. The molecule has 0 atom stereocenters. The average Bonchev–Trinajstić information content (AvgIpc) is 2.13. The van der Waals surface area contributed by atoms with Crippen molar-refractivity contribution >= 4 is 23.3 Å². The number of rotatable bonds is 0. The van der Waals surface area contributed by atoms with Gasteiger partial charge in [0.05, 0.1) is 0 Å². The number of thiocarbonyl (C=S) groups is 1. The summed E-state index contributed by atoms with van der Waals surface area (Å²) in [7, 11) is 0. The van der Waals surface area contributed by atoms with Crippen LogP contribution in [0, 0.1) is 0 Å². The Kier molecular flexibility index (Phi) is 1.31. The van der Waals surface area contributed by atoms with Crippen LogP contribution in [0.15, 0.2) is 6.33 Å².